The number of amides is 1. The lowest BCUT2D eigenvalue weighted by Crippen LogP contribution is -2.50. The van der Waals surface area contributed by atoms with Gasteiger partial charge in [0, 0.05) is 25.6 Å². The Kier molecular flexibility index (Phi) is 5.04. The molecule has 0 saturated heterocycles. The number of likely N-dealkylation sites (N-methyl/N-ethyl adjacent to an activating group) is 1. The van der Waals surface area contributed by atoms with Crippen LogP contribution in [-0.2, 0) is 4.79 Å². The molecule has 2 N–H and O–H groups in total. The molecule has 2 rings (SSSR count). The Hall–Kier alpha value is -0.570. The minimum absolute atomic E-state index is 0.194. The molecule has 2 unspecified atom stereocenters. The second-order valence-corrected chi connectivity index (χ2v) is 6.21. The highest BCUT2D eigenvalue weighted by molar-refractivity contribution is 5.76. The second-order valence-electron chi connectivity index (χ2n) is 6.21. The van der Waals surface area contributed by atoms with Crippen LogP contribution in [0.15, 0.2) is 0 Å². The van der Waals surface area contributed by atoms with E-state index in [9.17, 15) is 4.79 Å². The highest BCUT2D eigenvalue weighted by Gasteiger charge is 2.28. The van der Waals surface area contributed by atoms with E-state index in [4.69, 9.17) is 5.73 Å². The van der Waals surface area contributed by atoms with E-state index in [1.54, 1.807) is 0 Å². The Morgan fingerprint density at radius 3 is 2.39 bits per heavy atom. The first-order valence-corrected chi connectivity index (χ1v) is 7.69. The minimum Gasteiger partial charge on any atom is -0.341 e. The lowest BCUT2D eigenvalue weighted by molar-refractivity contribution is -0.133. The molecule has 0 aliphatic heterocycles. The van der Waals surface area contributed by atoms with Crippen molar-refractivity contribution < 1.29 is 4.79 Å². The van der Waals surface area contributed by atoms with Gasteiger partial charge in [-0.3, -0.25) is 4.79 Å². The van der Waals surface area contributed by atoms with Crippen LogP contribution in [0.1, 0.15) is 64.2 Å². The molecule has 2 saturated carbocycles. The van der Waals surface area contributed by atoms with Crippen molar-refractivity contribution in [2.45, 2.75) is 76.3 Å². The number of hydrogen-bond donors (Lipinski definition) is 1. The predicted octanol–water partition coefficient (Wildman–Crippen LogP) is 2.69. The Morgan fingerprint density at radius 2 is 1.72 bits per heavy atom. The molecule has 18 heavy (non-hydrogen) atoms. The van der Waals surface area contributed by atoms with Gasteiger partial charge in [-0.25, -0.2) is 0 Å². The molecule has 0 spiro atoms. The van der Waals surface area contributed by atoms with Gasteiger partial charge >= 0.3 is 0 Å². The van der Waals surface area contributed by atoms with Crippen molar-refractivity contribution in [3.05, 3.63) is 0 Å². The van der Waals surface area contributed by atoms with Crippen LogP contribution < -0.4 is 5.73 Å². The van der Waals surface area contributed by atoms with Crippen LogP contribution in [0, 0.1) is 5.92 Å². The molecule has 0 bridgehead atoms. The summed E-state index contributed by atoms with van der Waals surface area (Å²) in [7, 11) is 1.95. The van der Waals surface area contributed by atoms with Crippen molar-refractivity contribution >= 4 is 5.91 Å². The third kappa shape index (κ3) is 3.47. The lowest BCUT2D eigenvalue weighted by atomic mass is 9.89. The first-order valence-electron chi connectivity index (χ1n) is 7.69. The summed E-state index contributed by atoms with van der Waals surface area (Å²) in [4.78, 5) is 14.2. The summed E-state index contributed by atoms with van der Waals surface area (Å²) in [5.41, 5.74) is 6.14. The van der Waals surface area contributed by atoms with E-state index in [1.807, 2.05) is 11.9 Å². The van der Waals surface area contributed by atoms with Crippen LogP contribution in [0.25, 0.3) is 0 Å². The van der Waals surface area contributed by atoms with Crippen LogP contribution in [0.3, 0.4) is 0 Å². The van der Waals surface area contributed by atoms with E-state index in [-0.39, 0.29) is 12.1 Å². The standard InChI is InChI=1S/C15H28N2O/c1-17(14-9-5-4-8-13(14)16)15(18)11-10-12-6-2-3-7-12/h12-14H,2-11,16H2,1H3. The van der Waals surface area contributed by atoms with Gasteiger partial charge in [0.25, 0.3) is 0 Å². The lowest BCUT2D eigenvalue weighted by Gasteiger charge is -2.36. The number of nitrogens with two attached hydrogens (primary N) is 1. The Bertz CT molecular complexity index is 274. The van der Waals surface area contributed by atoms with Gasteiger partial charge in [-0.2, -0.15) is 0 Å². The molecular formula is C15H28N2O. The van der Waals surface area contributed by atoms with E-state index in [0.29, 0.717) is 5.91 Å². The van der Waals surface area contributed by atoms with Gasteiger partial charge in [-0.15, -0.1) is 0 Å². The number of hydrogen-bond acceptors (Lipinski definition) is 2. The van der Waals surface area contributed by atoms with E-state index in [1.165, 1.54) is 38.5 Å². The third-order valence-electron chi connectivity index (χ3n) is 4.91. The second kappa shape index (κ2) is 6.55. The van der Waals surface area contributed by atoms with Crippen LogP contribution >= 0.6 is 0 Å². The highest BCUT2D eigenvalue weighted by Crippen LogP contribution is 2.29. The van der Waals surface area contributed by atoms with Gasteiger partial charge in [0.2, 0.25) is 5.91 Å². The van der Waals surface area contributed by atoms with E-state index in [2.05, 4.69) is 0 Å². The molecule has 2 aliphatic carbocycles. The quantitative estimate of drug-likeness (QED) is 0.836. The third-order valence-corrected chi connectivity index (χ3v) is 4.91. The molecule has 0 aromatic heterocycles. The van der Waals surface area contributed by atoms with Crippen molar-refractivity contribution in [2.75, 3.05) is 7.05 Å². The highest BCUT2D eigenvalue weighted by atomic mass is 16.2. The zero-order chi connectivity index (χ0) is 13.0. The van der Waals surface area contributed by atoms with Gasteiger partial charge in [0.05, 0.1) is 0 Å². The van der Waals surface area contributed by atoms with Crippen molar-refractivity contribution in [1.82, 2.24) is 4.90 Å². The average molecular weight is 252 g/mol. The molecule has 3 nitrogen and oxygen atoms in total. The minimum atomic E-state index is 0.194. The van der Waals surface area contributed by atoms with E-state index < -0.39 is 0 Å². The van der Waals surface area contributed by atoms with Crippen molar-refractivity contribution in [1.29, 1.82) is 0 Å². The molecule has 2 atom stereocenters. The summed E-state index contributed by atoms with van der Waals surface area (Å²) in [6, 6.07) is 0.481. The van der Waals surface area contributed by atoms with Crippen molar-refractivity contribution in [2.24, 2.45) is 11.7 Å². The number of nitrogens with zero attached hydrogens (tertiary/aromatic N) is 1. The first-order chi connectivity index (χ1) is 8.68. The zero-order valence-corrected chi connectivity index (χ0v) is 11.7. The summed E-state index contributed by atoms with van der Waals surface area (Å²) in [5.74, 6) is 1.12. The van der Waals surface area contributed by atoms with Gasteiger partial charge in [-0.05, 0) is 25.2 Å². The smallest absolute Gasteiger partial charge is 0.222 e. The van der Waals surface area contributed by atoms with Crippen LogP contribution in [0.5, 0.6) is 0 Å². The molecule has 0 aromatic carbocycles. The molecule has 3 heteroatoms. The molecular weight excluding hydrogens is 224 g/mol. The normalized spacial score (nSPS) is 29.4. The molecule has 1 amide bonds. The van der Waals surface area contributed by atoms with Crippen molar-refractivity contribution in [3.63, 3.8) is 0 Å². The fraction of sp³-hybridized carbons (Fsp3) is 0.933. The summed E-state index contributed by atoms with van der Waals surface area (Å²) in [5, 5.41) is 0. The Labute approximate surface area is 111 Å². The summed E-state index contributed by atoms with van der Waals surface area (Å²) in [6.45, 7) is 0. The summed E-state index contributed by atoms with van der Waals surface area (Å²) < 4.78 is 0. The maximum atomic E-state index is 12.2. The maximum absolute atomic E-state index is 12.2. The number of rotatable bonds is 4. The molecule has 104 valence electrons. The van der Waals surface area contributed by atoms with Gasteiger partial charge in [0.15, 0.2) is 0 Å². The molecule has 0 aromatic rings. The van der Waals surface area contributed by atoms with Gasteiger partial charge < -0.3 is 10.6 Å². The molecule has 0 heterocycles. The first kappa shape index (κ1) is 13.9. The van der Waals surface area contributed by atoms with E-state index >= 15 is 0 Å². The maximum Gasteiger partial charge on any atom is 0.222 e. The van der Waals surface area contributed by atoms with Crippen LogP contribution in [0.4, 0.5) is 0 Å². The fourth-order valence-electron chi connectivity index (χ4n) is 3.61. The Morgan fingerprint density at radius 1 is 1.11 bits per heavy atom. The van der Waals surface area contributed by atoms with Gasteiger partial charge in [-0.1, -0.05) is 38.5 Å². The number of carbonyl (C=O) groups is 1. The Balaban J connectivity index is 1.76. The fourth-order valence-corrected chi connectivity index (χ4v) is 3.61. The van der Waals surface area contributed by atoms with Crippen molar-refractivity contribution in [3.8, 4) is 0 Å². The summed E-state index contributed by atoms with van der Waals surface area (Å²) in [6.07, 6.45) is 11.8. The zero-order valence-electron chi connectivity index (χ0n) is 11.7. The topological polar surface area (TPSA) is 46.3 Å². The SMILES string of the molecule is CN(C(=O)CCC1CCCC1)C1CCCCC1N. The predicted molar refractivity (Wildman–Crippen MR) is 74.2 cm³/mol. The van der Waals surface area contributed by atoms with Crippen LogP contribution in [0.2, 0.25) is 0 Å². The molecule has 2 fully saturated rings. The molecule has 0 radical (unpaired) electrons. The largest absolute Gasteiger partial charge is 0.341 e. The molecule has 2 aliphatic rings. The van der Waals surface area contributed by atoms with Crippen LogP contribution in [-0.4, -0.2) is 29.9 Å². The van der Waals surface area contributed by atoms with Gasteiger partial charge in [0.1, 0.15) is 0 Å². The monoisotopic (exact) mass is 252 g/mol. The summed E-state index contributed by atoms with van der Waals surface area (Å²) >= 11 is 0. The van der Waals surface area contributed by atoms with E-state index in [0.717, 1.165) is 31.6 Å². The number of carbonyl (C=O) groups excluding carboxylic acids is 1. The average Bonchev–Trinajstić information content (AvgIpc) is 2.89.